The first-order valence-corrected chi connectivity index (χ1v) is 5.41. The van der Waals surface area contributed by atoms with Crippen LogP contribution in [-0.4, -0.2) is 30.1 Å². The minimum absolute atomic E-state index is 0.0982. The molecule has 0 aromatic carbocycles. The Balaban J connectivity index is 3.18. The van der Waals surface area contributed by atoms with Gasteiger partial charge in [0.15, 0.2) is 0 Å². The molecule has 16 heavy (non-hydrogen) atoms. The SMILES string of the molecule is COC1(C(=O)O)OOC(C)CC(C)C1(C)C. The van der Waals surface area contributed by atoms with Crippen molar-refractivity contribution in [3.8, 4) is 0 Å². The van der Waals surface area contributed by atoms with Gasteiger partial charge in [0.05, 0.1) is 6.10 Å². The molecular formula is C11H20O5. The average Bonchev–Trinajstić information content (AvgIpc) is 2.25. The van der Waals surface area contributed by atoms with E-state index in [1.807, 2.05) is 27.7 Å². The Kier molecular flexibility index (Phi) is 3.62. The summed E-state index contributed by atoms with van der Waals surface area (Å²) in [7, 11) is 1.32. The van der Waals surface area contributed by atoms with Crippen LogP contribution in [0.2, 0.25) is 0 Å². The maximum atomic E-state index is 11.4. The topological polar surface area (TPSA) is 65.0 Å². The summed E-state index contributed by atoms with van der Waals surface area (Å²) in [6.45, 7) is 7.46. The van der Waals surface area contributed by atoms with E-state index in [-0.39, 0.29) is 12.0 Å². The van der Waals surface area contributed by atoms with Crippen molar-refractivity contribution in [3.05, 3.63) is 0 Å². The minimum Gasteiger partial charge on any atom is -0.477 e. The van der Waals surface area contributed by atoms with E-state index in [0.717, 1.165) is 6.42 Å². The maximum Gasteiger partial charge on any atom is 0.367 e. The highest BCUT2D eigenvalue weighted by Gasteiger charge is 2.59. The highest BCUT2D eigenvalue weighted by Crippen LogP contribution is 2.46. The predicted octanol–water partition coefficient (Wildman–Crippen LogP) is 1.82. The molecule has 1 rings (SSSR count). The molecule has 1 saturated heterocycles. The molecule has 94 valence electrons. The van der Waals surface area contributed by atoms with Crippen molar-refractivity contribution in [3.63, 3.8) is 0 Å². The second-order valence-electron chi connectivity index (χ2n) is 4.97. The molecule has 5 heteroatoms. The van der Waals surface area contributed by atoms with Gasteiger partial charge in [-0.2, -0.15) is 4.89 Å². The van der Waals surface area contributed by atoms with Crippen LogP contribution >= 0.6 is 0 Å². The third-order valence-electron chi connectivity index (χ3n) is 3.66. The Morgan fingerprint density at radius 2 is 2.00 bits per heavy atom. The number of methoxy groups -OCH3 is 1. The Morgan fingerprint density at radius 1 is 1.44 bits per heavy atom. The van der Waals surface area contributed by atoms with Crippen LogP contribution in [0.4, 0.5) is 0 Å². The zero-order valence-corrected chi connectivity index (χ0v) is 10.4. The van der Waals surface area contributed by atoms with E-state index in [2.05, 4.69) is 0 Å². The van der Waals surface area contributed by atoms with Gasteiger partial charge in [0, 0.05) is 12.5 Å². The number of rotatable bonds is 2. The molecule has 5 nitrogen and oxygen atoms in total. The molecule has 1 N–H and O–H groups in total. The normalized spacial score (nSPS) is 39.1. The average molecular weight is 232 g/mol. The van der Waals surface area contributed by atoms with Crippen LogP contribution in [0, 0.1) is 11.3 Å². The van der Waals surface area contributed by atoms with E-state index in [9.17, 15) is 9.90 Å². The molecule has 0 spiro atoms. The van der Waals surface area contributed by atoms with Crippen molar-refractivity contribution < 1.29 is 24.4 Å². The third kappa shape index (κ3) is 1.83. The highest BCUT2D eigenvalue weighted by atomic mass is 17.2. The van der Waals surface area contributed by atoms with Crippen molar-refractivity contribution in [2.24, 2.45) is 11.3 Å². The Morgan fingerprint density at radius 3 is 2.44 bits per heavy atom. The summed E-state index contributed by atoms with van der Waals surface area (Å²) in [4.78, 5) is 21.5. The van der Waals surface area contributed by atoms with E-state index in [1.54, 1.807) is 0 Å². The first-order valence-electron chi connectivity index (χ1n) is 5.41. The highest BCUT2D eigenvalue weighted by molar-refractivity contribution is 5.76. The van der Waals surface area contributed by atoms with Crippen molar-refractivity contribution in [2.75, 3.05) is 7.11 Å². The van der Waals surface area contributed by atoms with Crippen LogP contribution in [0.1, 0.15) is 34.1 Å². The van der Waals surface area contributed by atoms with E-state index in [1.165, 1.54) is 7.11 Å². The molecule has 0 amide bonds. The number of hydrogen-bond donors (Lipinski definition) is 1. The molecule has 1 fully saturated rings. The second kappa shape index (κ2) is 4.31. The first kappa shape index (κ1) is 13.4. The quantitative estimate of drug-likeness (QED) is 0.736. The summed E-state index contributed by atoms with van der Waals surface area (Å²) in [5, 5.41) is 9.32. The maximum absolute atomic E-state index is 11.4. The summed E-state index contributed by atoms with van der Waals surface area (Å²) >= 11 is 0. The fourth-order valence-electron chi connectivity index (χ4n) is 2.11. The predicted molar refractivity (Wildman–Crippen MR) is 56.6 cm³/mol. The van der Waals surface area contributed by atoms with Crippen molar-refractivity contribution in [1.82, 2.24) is 0 Å². The van der Waals surface area contributed by atoms with Gasteiger partial charge in [-0.1, -0.05) is 20.8 Å². The fourth-order valence-corrected chi connectivity index (χ4v) is 2.11. The fraction of sp³-hybridized carbons (Fsp3) is 0.909. The van der Waals surface area contributed by atoms with Gasteiger partial charge in [-0.25, -0.2) is 9.68 Å². The van der Waals surface area contributed by atoms with Crippen LogP contribution in [0.15, 0.2) is 0 Å². The molecule has 0 aromatic heterocycles. The molecule has 3 atom stereocenters. The Hall–Kier alpha value is -0.650. The Bertz CT molecular complexity index is 276. The van der Waals surface area contributed by atoms with Crippen molar-refractivity contribution >= 4 is 5.97 Å². The standard InChI is InChI=1S/C11H20O5/c1-7-6-8(2)15-16-11(14-5,9(12)13)10(7,3)4/h7-8H,6H2,1-5H3,(H,12,13). The van der Waals surface area contributed by atoms with Gasteiger partial charge in [-0.15, -0.1) is 0 Å². The van der Waals surface area contributed by atoms with E-state index < -0.39 is 17.2 Å². The van der Waals surface area contributed by atoms with Crippen LogP contribution in [-0.2, 0) is 19.3 Å². The van der Waals surface area contributed by atoms with Crippen molar-refractivity contribution in [1.29, 1.82) is 0 Å². The minimum atomic E-state index is -1.75. The van der Waals surface area contributed by atoms with Crippen LogP contribution in [0.25, 0.3) is 0 Å². The lowest BCUT2D eigenvalue weighted by atomic mass is 9.71. The van der Waals surface area contributed by atoms with Crippen molar-refractivity contribution in [2.45, 2.75) is 46.0 Å². The van der Waals surface area contributed by atoms with Crippen LogP contribution < -0.4 is 0 Å². The smallest absolute Gasteiger partial charge is 0.367 e. The van der Waals surface area contributed by atoms with Crippen LogP contribution in [0.3, 0.4) is 0 Å². The summed E-state index contributed by atoms with van der Waals surface area (Å²) in [6, 6.07) is 0. The number of aliphatic carboxylic acids is 1. The number of hydrogen-bond acceptors (Lipinski definition) is 4. The molecule has 0 aromatic rings. The molecule has 1 aliphatic rings. The van der Waals surface area contributed by atoms with E-state index >= 15 is 0 Å². The first-order chi connectivity index (χ1) is 7.28. The molecular weight excluding hydrogens is 212 g/mol. The summed E-state index contributed by atoms with van der Waals surface area (Å²) < 4.78 is 5.11. The summed E-state index contributed by atoms with van der Waals surface area (Å²) in [5.74, 6) is -2.82. The van der Waals surface area contributed by atoms with Gasteiger partial charge >= 0.3 is 11.8 Å². The molecule has 0 aliphatic carbocycles. The molecule has 0 saturated carbocycles. The van der Waals surface area contributed by atoms with Gasteiger partial charge in [-0.05, 0) is 19.3 Å². The van der Waals surface area contributed by atoms with Gasteiger partial charge < -0.3 is 9.84 Å². The lowest BCUT2D eigenvalue weighted by molar-refractivity contribution is -0.441. The number of carboxylic acid groups (broad SMARTS) is 1. The number of ether oxygens (including phenoxy) is 1. The van der Waals surface area contributed by atoms with E-state index in [4.69, 9.17) is 14.5 Å². The van der Waals surface area contributed by atoms with Gasteiger partial charge in [0.25, 0.3) is 0 Å². The summed E-state index contributed by atoms with van der Waals surface area (Å²) in [6.07, 6.45) is 0.580. The molecule has 0 radical (unpaired) electrons. The second-order valence-corrected chi connectivity index (χ2v) is 4.97. The van der Waals surface area contributed by atoms with Gasteiger partial charge in [-0.3, -0.25) is 0 Å². The monoisotopic (exact) mass is 232 g/mol. The third-order valence-corrected chi connectivity index (χ3v) is 3.66. The molecule has 1 heterocycles. The molecule has 0 bridgehead atoms. The largest absolute Gasteiger partial charge is 0.477 e. The zero-order chi connectivity index (χ0) is 12.6. The lowest BCUT2D eigenvalue weighted by Crippen LogP contribution is -2.56. The van der Waals surface area contributed by atoms with Crippen LogP contribution in [0.5, 0.6) is 0 Å². The lowest BCUT2D eigenvalue weighted by Gasteiger charge is -2.41. The van der Waals surface area contributed by atoms with Gasteiger partial charge in [0.2, 0.25) is 0 Å². The Labute approximate surface area is 95.6 Å². The number of carbonyl (C=O) groups is 1. The van der Waals surface area contributed by atoms with Gasteiger partial charge in [0.1, 0.15) is 0 Å². The van der Waals surface area contributed by atoms with E-state index in [0.29, 0.717) is 0 Å². The zero-order valence-electron chi connectivity index (χ0n) is 10.4. The molecule has 1 aliphatic heterocycles. The molecule has 3 unspecified atom stereocenters. The summed E-state index contributed by atoms with van der Waals surface area (Å²) in [5.41, 5.74) is -0.682. The number of carboxylic acids is 1.